The van der Waals surface area contributed by atoms with Gasteiger partial charge in [-0.15, -0.1) is 0 Å². The van der Waals surface area contributed by atoms with Crippen LogP contribution in [0.3, 0.4) is 0 Å². The lowest BCUT2D eigenvalue weighted by Crippen LogP contribution is -2.28. The minimum atomic E-state index is -0.590. The lowest BCUT2D eigenvalue weighted by Gasteiger charge is -2.08. The summed E-state index contributed by atoms with van der Waals surface area (Å²) in [6, 6.07) is 14.5. The number of methoxy groups -OCH3 is 1. The van der Waals surface area contributed by atoms with Gasteiger partial charge < -0.3 is 26.8 Å². The number of nitrogens with zero attached hydrogens (tertiary/aromatic N) is 3. The summed E-state index contributed by atoms with van der Waals surface area (Å²) >= 11 is 0. The van der Waals surface area contributed by atoms with Gasteiger partial charge in [0, 0.05) is 30.2 Å². The number of carbonyl (C=O) groups excluding carboxylic acids is 1. The molecule has 0 aliphatic rings. The van der Waals surface area contributed by atoms with Crippen molar-refractivity contribution in [1.29, 1.82) is 0 Å². The smallest absolute Gasteiger partial charge is 0.344 e. The number of amides is 2. The van der Waals surface area contributed by atoms with Crippen molar-refractivity contribution < 1.29 is 9.53 Å². The van der Waals surface area contributed by atoms with Crippen LogP contribution in [0.25, 0.3) is 11.1 Å². The Morgan fingerprint density at radius 2 is 1.79 bits per heavy atom. The molecular formula is C20H21N7O2. The first-order valence-corrected chi connectivity index (χ1v) is 8.73. The fraction of sp³-hybridized carbons (Fsp3) is 0.100. The van der Waals surface area contributed by atoms with E-state index in [4.69, 9.17) is 16.2 Å². The molecule has 2 amide bonds. The van der Waals surface area contributed by atoms with Gasteiger partial charge >= 0.3 is 6.03 Å². The quantitative estimate of drug-likeness (QED) is 0.373. The summed E-state index contributed by atoms with van der Waals surface area (Å²) in [5.74, 6) is 0.984. The van der Waals surface area contributed by atoms with E-state index in [1.165, 1.54) is 0 Å². The van der Waals surface area contributed by atoms with Gasteiger partial charge in [0.1, 0.15) is 5.75 Å². The second-order valence-corrected chi connectivity index (χ2v) is 6.04. The monoisotopic (exact) mass is 391 g/mol. The number of hydrogen-bond donors (Lipinski definition) is 4. The van der Waals surface area contributed by atoms with Gasteiger partial charge in [-0.3, -0.25) is 0 Å². The number of benzene rings is 2. The van der Waals surface area contributed by atoms with Gasteiger partial charge in [-0.2, -0.15) is 4.99 Å². The molecule has 0 unspecified atom stereocenters. The third kappa shape index (κ3) is 5.67. The predicted octanol–water partition coefficient (Wildman–Crippen LogP) is 2.38. The van der Waals surface area contributed by atoms with Crippen LogP contribution in [-0.2, 0) is 6.54 Å². The van der Waals surface area contributed by atoms with Crippen LogP contribution in [0.1, 0.15) is 5.56 Å². The van der Waals surface area contributed by atoms with Gasteiger partial charge in [0.15, 0.2) is 5.96 Å². The average molecular weight is 391 g/mol. The lowest BCUT2D eigenvalue weighted by atomic mass is 10.1. The second kappa shape index (κ2) is 9.18. The van der Waals surface area contributed by atoms with E-state index in [0.29, 0.717) is 12.5 Å². The van der Waals surface area contributed by atoms with Gasteiger partial charge in [-0.05, 0) is 41.5 Å². The van der Waals surface area contributed by atoms with E-state index >= 15 is 0 Å². The number of hydrogen-bond acceptors (Lipinski definition) is 5. The van der Waals surface area contributed by atoms with Gasteiger partial charge in [0.2, 0.25) is 5.95 Å². The maximum atomic E-state index is 11.5. The van der Waals surface area contributed by atoms with Gasteiger partial charge in [-0.1, -0.05) is 18.2 Å². The van der Waals surface area contributed by atoms with E-state index in [1.807, 2.05) is 48.5 Å². The maximum absolute atomic E-state index is 11.5. The van der Waals surface area contributed by atoms with Crippen molar-refractivity contribution in [3.8, 4) is 16.9 Å². The van der Waals surface area contributed by atoms with E-state index in [2.05, 4.69) is 25.6 Å². The normalized spacial score (nSPS) is 10.1. The van der Waals surface area contributed by atoms with Crippen molar-refractivity contribution in [2.24, 2.45) is 16.5 Å². The number of aromatic nitrogens is 2. The summed E-state index contributed by atoms with van der Waals surface area (Å²) in [7, 11) is 1.62. The molecule has 0 atom stereocenters. The minimum Gasteiger partial charge on any atom is -0.497 e. The van der Waals surface area contributed by atoms with E-state index < -0.39 is 6.03 Å². The van der Waals surface area contributed by atoms with Crippen LogP contribution in [0, 0.1) is 0 Å². The van der Waals surface area contributed by atoms with Crippen LogP contribution >= 0.6 is 0 Å². The number of ether oxygens (including phenoxy) is 1. The third-order valence-electron chi connectivity index (χ3n) is 3.93. The molecule has 0 radical (unpaired) electrons. The highest BCUT2D eigenvalue weighted by Gasteiger charge is 2.04. The van der Waals surface area contributed by atoms with Crippen molar-refractivity contribution in [3.05, 3.63) is 66.5 Å². The van der Waals surface area contributed by atoms with E-state index in [0.717, 1.165) is 28.1 Å². The van der Waals surface area contributed by atoms with Crippen LogP contribution in [0.2, 0.25) is 0 Å². The Bertz CT molecular complexity index is 998. The fourth-order valence-corrected chi connectivity index (χ4v) is 2.54. The van der Waals surface area contributed by atoms with Gasteiger partial charge in [0.25, 0.3) is 0 Å². The Balaban J connectivity index is 1.66. The highest BCUT2D eigenvalue weighted by atomic mass is 16.5. The van der Waals surface area contributed by atoms with Crippen molar-refractivity contribution >= 4 is 23.6 Å². The summed E-state index contributed by atoms with van der Waals surface area (Å²) in [6.45, 7) is 0.293. The number of rotatable bonds is 6. The molecule has 9 heteroatoms. The van der Waals surface area contributed by atoms with Gasteiger partial charge in [-0.25, -0.2) is 14.8 Å². The molecule has 3 aromatic rings. The van der Waals surface area contributed by atoms with Crippen LogP contribution in [0.15, 0.2) is 65.9 Å². The van der Waals surface area contributed by atoms with E-state index in [-0.39, 0.29) is 5.96 Å². The molecule has 0 aliphatic carbocycles. The van der Waals surface area contributed by atoms with Gasteiger partial charge in [0.05, 0.1) is 7.11 Å². The van der Waals surface area contributed by atoms with E-state index in [9.17, 15) is 4.79 Å². The molecule has 0 saturated heterocycles. The number of aliphatic imine (C=N–C) groups is 1. The molecule has 1 heterocycles. The summed E-state index contributed by atoms with van der Waals surface area (Å²) in [4.78, 5) is 23.6. The Morgan fingerprint density at radius 1 is 1.07 bits per heavy atom. The molecule has 0 aliphatic heterocycles. The van der Waals surface area contributed by atoms with E-state index in [1.54, 1.807) is 19.5 Å². The zero-order valence-corrected chi connectivity index (χ0v) is 15.8. The molecule has 3 rings (SSSR count). The van der Waals surface area contributed by atoms with Crippen molar-refractivity contribution in [3.63, 3.8) is 0 Å². The second-order valence-electron chi connectivity index (χ2n) is 6.04. The molecule has 0 bridgehead atoms. The van der Waals surface area contributed by atoms with Crippen LogP contribution in [0.4, 0.5) is 16.4 Å². The van der Waals surface area contributed by atoms with Crippen molar-refractivity contribution in [1.82, 2.24) is 15.3 Å². The highest BCUT2D eigenvalue weighted by Crippen LogP contribution is 2.21. The lowest BCUT2D eigenvalue weighted by molar-refractivity contribution is 0.249. The summed E-state index contributed by atoms with van der Waals surface area (Å²) in [5, 5.41) is 5.75. The molecule has 0 spiro atoms. The standard InChI is InChI=1S/C20H21N7O2/c1-29-17-7-5-16(6-8-17)26-19-23-11-15(12-24-19)14-4-2-3-13(9-14)10-25-20(28)27-18(21)22/h2-9,11-12H,10H2,1H3,(H,23,24,26)(H5,21,22,25,27,28). The van der Waals surface area contributed by atoms with Crippen LogP contribution < -0.4 is 26.8 Å². The van der Waals surface area contributed by atoms with Crippen LogP contribution in [0.5, 0.6) is 5.75 Å². The Hall–Kier alpha value is -4.14. The summed E-state index contributed by atoms with van der Waals surface area (Å²) < 4.78 is 5.14. The molecule has 6 N–H and O–H groups in total. The predicted molar refractivity (Wildman–Crippen MR) is 112 cm³/mol. The number of carbonyl (C=O) groups is 1. The number of anilines is 2. The summed E-state index contributed by atoms with van der Waals surface area (Å²) in [5.41, 5.74) is 13.9. The first-order valence-electron chi connectivity index (χ1n) is 8.73. The Labute approximate surface area is 167 Å². The Morgan fingerprint density at radius 3 is 2.45 bits per heavy atom. The summed E-state index contributed by atoms with van der Waals surface area (Å²) in [6.07, 6.45) is 3.46. The number of urea groups is 1. The molecule has 2 aromatic carbocycles. The Kier molecular flexibility index (Phi) is 6.21. The minimum absolute atomic E-state index is 0.281. The zero-order valence-electron chi connectivity index (χ0n) is 15.8. The highest BCUT2D eigenvalue weighted by molar-refractivity contribution is 5.90. The third-order valence-corrected chi connectivity index (χ3v) is 3.93. The maximum Gasteiger partial charge on any atom is 0.344 e. The molecular weight excluding hydrogens is 370 g/mol. The number of nitrogens with one attached hydrogen (secondary N) is 2. The molecule has 0 saturated carbocycles. The topological polar surface area (TPSA) is 141 Å². The number of nitrogens with two attached hydrogens (primary N) is 2. The first kappa shape index (κ1) is 19.6. The van der Waals surface area contributed by atoms with Crippen molar-refractivity contribution in [2.45, 2.75) is 6.54 Å². The fourth-order valence-electron chi connectivity index (χ4n) is 2.54. The average Bonchev–Trinajstić information content (AvgIpc) is 2.73. The molecule has 1 aromatic heterocycles. The molecule has 0 fully saturated rings. The largest absolute Gasteiger partial charge is 0.497 e. The first-order chi connectivity index (χ1) is 14.0. The SMILES string of the molecule is COc1ccc(Nc2ncc(-c3cccc(CNC(=O)N=C(N)N)c3)cn2)cc1. The van der Waals surface area contributed by atoms with Crippen molar-refractivity contribution in [2.75, 3.05) is 12.4 Å². The zero-order chi connectivity index (χ0) is 20.6. The number of guanidine groups is 1. The molecule has 148 valence electrons. The van der Waals surface area contributed by atoms with Crippen LogP contribution in [-0.4, -0.2) is 29.1 Å². The molecule has 29 heavy (non-hydrogen) atoms. The molecule has 9 nitrogen and oxygen atoms in total.